The maximum atomic E-state index is 12.2. The van der Waals surface area contributed by atoms with Crippen molar-refractivity contribution in [1.29, 1.82) is 0 Å². The Hall–Kier alpha value is -2.76. The fourth-order valence-electron chi connectivity index (χ4n) is 1.81. The number of carboxylic acids is 2. The van der Waals surface area contributed by atoms with E-state index in [0.29, 0.717) is 0 Å². The molecule has 0 aromatic heterocycles. The smallest absolute Gasteiger partial charge is 0.335 e. The fourth-order valence-corrected chi connectivity index (χ4v) is 4.77. The lowest BCUT2D eigenvalue weighted by atomic mass is 10.2. The first-order valence-corrected chi connectivity index (χ1v) is 9.45. The quantitative estimate of drug-likeness (QED) is 0.658. The third kappa shape index (κ3) is 4.21. The number of carboxylic acid groups (broad SMARTS) is 2. The van der Waals surface area contributed by atoms with Crippen molar-refractivity contribution < 1.29 is 36.6 Å². The fraction of sp³-hybridized carbons (Fsp3) is 0. The Bertz CT molecular complexity index is 1040. The van der Waals surface area contributed by atoms with Crippen LogP contribution in [0.25, 0.3) is 0 Å². The number of hydrogen-bond acceptors (Lipinski definition) is 6. The zero-order chi connectivity index (χ0) is 18.8. The van der Waals surface area contributed by atoms with Gasteiger partial charge in [-0.05, 0) is 42.5 Å². The Balaban J connectivity index is 2.37. The molecule has 0 aliphatic heterocycles. The minimum absolute atomic E-state index is 0.170. The monoisotopic (exact) mass is 385 g/mol. The minimum atomic E-state index is -4.57. The Labute approximate surface area is 142 Å². The molecule has 0 unspecified atom stereocenters. The molecule has 2 aromatic carbocycles. The van der Waals surface area contributed by atoms with Crippen molar-refractivity contribution in [2.75, 3.05) is 0 Å². The van der Waals surface area contributed by atoms with Crippen LogP contribution in [0.15, 0.2) is 58.3 Å². The molecule has 2 aromatic rings. The van der Waals surface area contributed by atoms with Gasteiger partial charge < -0.3 is 10.2 Å². The van der Waals surface area contributed by atoms with Gasteiger partial charge in [-0.25, -0.2) is 26.4 Å². The van der Waals surface area contributed by atoms with Gasteiger partial charge in [0.15, 0.2) is 0 Å². The van der Waals surface area contributed by atoms with Gasteiger partial charge in [-0.15, -0.1) is 4.13 Å². The molecule has 132 valence electrons. The Morgan fingerprint density at radius 3 is 1.76 bits per heavy atom. The molecule has 0 saturated carbocycles. The van der Waals surface area contributed by atoms with Gasteiger partial charge in [-0.3, -0.25) is 0 Å². The van der Waals surface area contributed by atoms with E-state index in [1.807, 2.05) is 0 Å². The van der Waals surface area contributed by atoms with Crippen LogP contribution in [0.1, 0.15) is 20.7 Å². The van der Waals surface area contributed by atoms with E-state index < -0.39 is 41.8 Å². The second-order valence-corrected chi connectivity index (χ2v) is 8.38. The highest BCUT2D eigenvalue weighted by molar-refractivity contribution is 8.04. The normalized spacial score (nSPS) is 11.8. The number of rotatable bonds is 6. The first kappa shape index (κ1) is 18.6. The van der Waals surface area contributed by atoms with Crippen molar-refractivity contribution in [2.45, 2.75) is 9.79 Å². The minimum Gasteiger partial charge on any atom is -0.478 e. The summed E-state index contributed by atoms with van der Waals surface area (Å²) in [6, 6.07) is 8.06. The van der Waals surface area contributed by atoms with Gasteiger partial charge in [0.05, 0.1) is 20.9 Å². The molecule has 0 aliphatic carbocycles. The van der Waals surface area contributed by atoms with Gasteiger partial charge >= 0.3 is 11.9 Å². The van der Waals surface area contributed by atoms with E-state index in [2.05, 4.69) is 0 Å². The summed E-state index contributed by atoms with van der Waals surface area (Å²) in [7, 11) is -9.09. The van der Waals surface area contributed by atoms with Gasteiger partial charge in [0.2, 0.25) is 0 Å². The van der Waals surface area contributed by atoms with Crippen LogP contribution in [0.3, 0.4) is 0 Å². The van der Waals surface area contributed by atoms with Gasteiger partial charge in [0.1, 0.15) is 0 Å². The molecule has 0 saturated heterocycles. The molecule has 11 heteroatoms. The molecule has 2 rings (SSSR count). The van der Waals surface area contributed by atoms with Gasteiger partial charge in [0, 0.05) is 0 Å². The van der Waals surface area contributed by atoms with Gasteiger partial charge in [0.25, 0.3) is 20.0 Å². The molecule has 0 heterocycles. The molecule has 0 fully saturated rings. The van der Waals surface area contributed by atoms with E-state index in [1.54, 1.807) is 0 Å². The highest BCUT2D eigenvalue weighted by atomic mass is 32.3. The maximum Gasteiger partial charge on any atom is 0.335 e. The number of benzene rings is 2. The Morgan fingerprint density at radius 1 is 0.720 bits per heavy atom. The molecule has 25 heavy (non-hydrogen) atoms. The number of sulfonamides is 2. The summed E-state index contributed by atoms with van der Waals surface area (Å²) in [5, 5.41) is 17.7. The zero-order valence-corrected chi connectivity index (χ0v) is 13.9. The van der Waals surface area contributed by atoms with Crippen molar-refractivity contribution >= 4 is 32.0 Å². The highest BCUT2D eigenvalue weighted by Crippen LogP contribution is 2.16. The van der Waals surface area contributed by atoms with Crippen molar-refractivity contribution in [1.82, 2.24) is 4.13 Å². The van der Waals surface area contributed by atoms with E-state index in [-0.39, 0.29) is 11.1 Å². The molecule has 0 radical (unpaired) electrons. The summed E-state index contributed by atoms with van der Waals surface area (Å²) in [5.41, 5.74) is -0.498. The van der Waals surface area contributed by atoms with Crippen LogP contribution in [-0.4, -0.2) is 39.0 Å². The van der Waals surface area contributed by atoms with Gasteiger partial charge in [-0.1, -0.05) is 6.07 Å². The Morgan fingerprint density at radius 2 is 1.24 bits per heavy atom. The molecule has 0 aliphatic rings. The third-order valence-corrected chi connectivity index (χ3v) is 6.54. The highest BCUT2D eigenvalue weighted by Gasteiger charge is 2.25. The topological polar surface area (TPSA) is 155 Å². The lowest BCUT2D eigenvalue weighted by molar-refractivity contribution is 0.0686. The van der Waals surface area contributed by atoms with Crippen LogP contribution in [0.4, 0.5) is 0 Å². The van der Waals surface area contributed by atoms with Crippen LogP contribution >= 0.6 is 0 Å². The summed E-state index contributed by atoms with van der Waals surface area (Å²) < 4.78 is 50.2. The largest absolute Gasteiger partial charge is 0.478 e. The van der Waals surface area contributed by atoms with Crippen LogP contribution in [0, 0.1) is 0 Å². The number of nitrogens with one attached hydrogen (secondary N) is 1. The molecule has 0 atom stereocenters. The molecular weight excluding hydrogens is 374 g/mol. The van der Waals surface area contributed by atoms with E-state index in [0.717, 1.165) is 48.5 Å². The zero-order valence-electron chi connectivity index (χ0n) is 12.3. The first-order chi connectivity index (χ1) is 11.5. The average Bonchev–Trinajstić information content (AvgIpc) is 2.54. The van der Waals surface area contributed by atoms with Crippen LogP contribution in [0.2, 0.25) is 0 Å². The van der Waals surface area contributed by atoms with Crippen LogP contribution in [-0.2, 0) is 20.0 Å². The molecule has 3 N–H and O–H groups in total. The van der Waals surface area contributed by atoms with Crippen molar-refractivity contribution in [2.24, 2.45) is 0 Å². The first-order valence-electron chi connectivity index (χ1n) is 6.48. The van der Waals surface area contributed by atoms with E-state index in [4.69, 9.17) is 10.2 Å². The second kappa shape index (κ2) is 6.63. The van der Waals surface area contributed by atoms with E-state index in [1.165, 1.54) is 4.13 Å². The second-order valence-electron chi connectivity index (χ2n) is 4.75. The van der Waals surface area contributed by atoms with E-state index >= 15 is 0 Å². The maximum absolute atomic E-state index is 12.2. The lowest BCUT2D eigenvalue weighted by Crippen LogP contribution is -2.30. The van der Waals surface area contributed by atoms with Crippen LogP contribution < -0.4 is 4.13 Å². The van der Waals surface area contributed by atoms with Gasteiger partial charge in [-0.2, -0.15) is 0 Å². The van der Waals surface area contributed by atoms with Crippen molar-refractivity contribution in [3.8, 4) is 0 Å². The SMILES string of the molecule is O=C(O)c1ccc(S(=O)(=O)NS(=O)(=O)c2cccc(C(=O)O)c2)cc1. The van der Waals surface area contributed by atoms with Crippen molar-refractivity contribution in [3.05, 3.63) is 59.7 Å². The van der Waals surface area contributed by atoms with E-state index in [9.17, 15) is 26.4 Å². The Kier molecular flexibility index (Phi) is 4.92. The molecule has 9 nitrogen and oxygen atoms in total. The number of hydrogen-bond donors (Lipinski definition) is 3. The standard InChI is InChI=1S/C14H11NO8S2/c16-13(17)9-4-6-11(7-5-9)24(20,21)15-25(22,23)12-3-1-2-10(8-12)14(18)19/h1-8,15H,(H,16,17)(H,18,19). The third-order valence-electron chi connectivity index (χ3n) is 3.02. The summed E-state index contributed by atoms with van der Waals surface area (Å²) >= 11 is 0. The molecule has 0 amide bonds. The summed E-state index contributed by atoms with van der Waals surface area (Å²) in [5.74, 6) is -2.64. The summed E-state index contributed by atoms with van der Waals surface area (Å²) in [4.78, 5) is 20.6. The number of aromatic carboxylic acids is 2. The molecule has 0 bridgehead atoms. The number of carbonyl (C=O) groups is 2. The van der Waals surface area contributed by atoms with Crippen molar-refractivity contribution in [3.63, 3.8) is 0 Å². The molecule has 0 spiro atoms. The summed E-state index contributed by atoms with van der Waals surface area (Å²) in [6.45, 7) is 0. The predicted octanol–water partition coefficient (Wildman–Crippen LogP) is 0.750. The predicted molar refractivity (Wildman–Crippen MR) is 84.3 cm³/mol. The summed E-state index contributed by atoms with van der Waals surface area (Å²) in [6.07, 6.45) is 0. The molecular formula is C14H11NO8S2. The van der Waals surface area contributed by atoms with Crippen LogP contribution in [0.5, 0.6) is 0 Å². The lowest BCUT2D eigenvalue weighted by Gasteiger charge is -2.09. The average molecular weight is 385 g/mol.